The van der Waals surface area contributed by atoms with Gasteiger partial charge >= 0.3 is 5.97 Å². The lowest BCUT2D eigenvalue weighted by molar-refractivity contribution is -0.150. The number of imidazole rings is 1. The van der Waals surface area contributed by atoms with Crippen LogP contribution in [0.1, 0.15) is 19.3 Å². The number of aromatic amines is 1. The van der Waals surface area contributed by atoms with E-state index in [0.717, 1.165) is 28.5 Å². The first kappa shape index (κ1) is 28.1. The van der Waals surface area contributed by atoms with E-state index in [1.165, 1.54) is 28.4 Å². The number of fused-ring (bicyclic) bond motifs is 2. The van der Waals surface area contributed by atoms with Crippen LogP contribution in [-0.4, -0.2) is 84.1 Å². The summed E-state index contributed by atoms with van der Waals surface area (Å²) in [4.78, 5) is 61.0. The van der Waals surface area contributed by atoms with Gasteiger partial charge in [0, 0.05) is 41.2 Å². The molecule has 2 aromatic carbocycles. The highest BCUT2D eigenvalue weighted by Crippen LogP contribution is 2.42. The van der Waals surface area contributed by atoms with Gasteiger partial charge in [-0.05, 0) is 53.8 Å². The normalized spacial score (nSPS) is 22.5. The molecule has 3 aliphatic heterocycles. The van der Waals surface area contributed by atoms with Gasteiger partial charge in [0.2, 0.25) is 11.8 Å². The molecule has 216 valence electrons. The van der Waals surface area contributed by atoms with E-state index in [2.05, 4.69) is 15.3 Å². The van der Waals surface area contributed by atoms with Crippen molar-refractivity contribution in [2.45, 2.75) is 41.6 Å². The molecule has 3 amide bonds. The molecule has 1 aromatic heterocycles. The molecule has 1 saturated carbocycles. The summed E-state index contributed by atoms with van der Waals surface area (Å²) in [6.07, 6.45) is 9.38. The van der Waals surface area contributed by atoms with Crippen LogP contribution in [-0.2, 0) is 19.2 Å². The van der Waals surface area contributed by atoms with Crippen molar-refractivity contribution in [1.82, 2.24) is 25.1 Å². The van der Waals surface area contributed by atoms with Crippen LogP contribution in [0.4, 0.5) is 0 Å². The Kier molecular flexibility index (Phi) is 8.07. The molecule has 0 bridgehead atoms. The monoisotopic (exact) mass is 603 g/mol. The predicted octanol–water partition coefficient (Wildman–Crippen LogP) is 3.40. The Bertz CT molecular complexity index is 1580. The first-order valence-electron chi connectivity index (χ1n) is 13.7. The number of nitrogens with zero attached hydrogens (tertiary/aromatic N) is 3. The molecule has 3 fully saturated rings. The maximum atomic E-state index is 13.0. The Morgan fingerprint density at radius 3 is 2.67 bits per heavy atom. The number of amides is 3. The molecule has 0 radical (unpaired) electrons. The van der Waals surface area contributed by atoms with Crippen LogP contribution in [0.5, 0.6) is 0 Å². The number of allylic oxidation sites excluding steroid dienone is 1. The number of carboxylic acids is 1. The maximum Gasteiger partial charge on any atom is 0.352 e. The average molecular weight is 604 g/mol. The van der Waals surface area contributed by atoms with Crippen LogP contribution >= 0.6 is 23.5 Å². The minimum Gasteiger partial charge on any atom is -0.477 e. The quantitative estimate of drug-likeness (QED) is 0.213. The van der Waals surface area contributed by atoms with Gasteiger partial charge in [0.15, 0.2) is 0 Å². The Labute approximate surface area is 250 Å². The number of hydrogen-bond donors (Lipinski definition) is 3. The average Bonchev–Trinajstić information content (AvgIpc) is 3.49. The van der Waals surface area contributed by atoms with Crippen molar-refractivity contribution < 1.29 is 24.3 Å². The summed E-state index contributed by atoms with van der Waals surface area (Å²) in [5, 5.41) is 14.4. The highest BCUT2D eigenvalue weighted by molar-refractivity contribution is 8.00. The number of carbonyl (C=O) groups is 4. The molecule has 0 spiro atoms. The molecule has 42 heavy (non-hydrogen) atoms. The standard InChI is InChI=1S/C27H25N3O5S2.C3H4N2/c31-21(14-36-20-8-5-15-3-1-2-4-16(15)12-20)28-22-25(33)30-23(27(34)35)18(13-37-26(22)30)11-17-9-10-29(24(17)32)19-6-7-19;1-2-5-3-4-1/h1-5,8,11-12,19,22,26H,6-7,9-10,13-14H2,(H,28,31)(H,34,35);1-3H,(H,4,5)/b17-11+;/t22-,26-;/m1./s1. The minimum absolute atomic E-state index is 0.0316. The van der Waals surface area contributed by atoms with Gasteiger partial charge in [-0.25, -0.2) is 9.78 Å². The van der Waals surface area contributed by atoms with E-state index >= 15 is 0 Å². The molecule has 2 saturated heterocycles. The van der Waals surface area contributed by atoms with E-state index < -0.39 is 23.3 Å². The zero-order valence-electron chi connectivity index (χ0n) is 22.6. The van der Waals surface area contributed by atoms with Crippen molar-refractivity contribution in [3.8, 4) is 0 Å². The molecule has 1 aliphatic carbocycles. The number of aromatic nitrogens is 2. The first-order valence-corrected chi connectivity index (χ1v) is 15.7. The van der Waals surface area contributed by atoms with E-state index in [4.69, 9.17) is 0 Å². The lowest BCUT2D eigenvalue weighted by atomic mass is 10.0. The van der Waals surface area contributed by atoms with Crippen molar-refractivity contribution in [1.29, 1.82) is 0 Å². The Balaban J connectivity index is 0.000000573. The number of nitrogens with one attached hydrogen (secondary N) is 2. The number of carboxylic acid groups (broad SMARTS) is 1. The van der Waals surface area contributed by atoms with E-state index in [0.29, 0.717) is 35.9 Å². The van der Waals surface area contributed by atoms with Gasteiger partial charge in [0.25, 0.3) is 5.91 Å². The van der Waals surface area contributed by atoms with E-state index in [1.54, 1.807) is 24.8 Å². The van der Waals surface area contributed by atoms with Gasteiger partial charge in [-0.3, -0.25) is 19.3 Å². The predicted molar refractivity (Wildman–Crippen MR) is 160 cm³/mol. The SMILES string of the molecule is O=C(CSc1ccc2ccccc2c1)N[C@@H]1C(=O)N2C(C(=O)O)=C(/C=C3\CCN(C4CC4)C3=O)CS[C@H]12.c1c[nH]cn1. The van der Waals surface area contributed by atoms with Gasteiger partial charge in [0.05, 0.1) is 12.1 Å². The zero-order valence-corrected chi connectivity index (χ0v) is 24.2. The summed E-state index contributed by atoms with van der Waals surface area (Å²) in [6.45, 7) is 0.661. The molecule has 3 N–H and O–H groups in total. The zero-order chi connectivity index (χ0) is 29.2. The maximum absolute atomic E-state index is 13.0. The van der Waals surface area contributed by atoms with Crippen molar-refractivity contribution >= 4 is 58.0 Å². The third-order valence-electron chi connectivity index (χ3n) is 7.51. The van der Waals surface area contributed by atoms with Crippen LogP contribution in [0, 0.1) is 0 Å². The highest BCUT2D eigenvalue weighted by Gasteiger charge is 2.54. The minimum atomic E-state index is -1.20. The number of carbonyl (C=O) groups excluding carboxylic acids is 3. The number of benzene rings is 2. The molecule has 3 aromatic rings. The second kappa shape index (κ2) is 12.1. The number of H-pyrrole nitrogens is 1. The summed E-state index contributed by atoms with van der Waals surface area (Å²) >= 11 is 2.80. The molecular formula is C30H29N5O5S2. The van der Waals surface area contributed by atoms with Crippen LogP contribution in [0.25, 0.3) is 10.8 Å². The van der Waals surface area contributed by atoms with E-state index in [-0.39, 0.29) is 23.3 Å². The lowest BCUT2D eigenvalue weighted by Gasteiger charge is -2.49. The largest absolute Gasteiger partial charge is 0.477 e. The Hall–Kier alpha value is -4.03. The first-order chi connectivity index (χ1) is 20.4. The lowest BCUT2D eigenvalue weighted by Crippen LogP contribution is -2.70. The molecule has 12 heteroatoms. The third-order valence-corrected chi connectivity index (χ3v) is 9.80. The topological polar surface area (TPSA) is 136 Å². The third kappa shape index (κ3) is 5.82. The van der Waals surface area contributed by atoms with Gasteiger partial charge < -0.3 is 20.3 Å². The number of β-lactam (4-membered cyclic amide) rings is 1. The fourth-order valence-corrected chi connectivity index (χ4v) is 7.36. The van der Waals surface area contributed by atoms with Crippen LogP contribution in [0.3, 0.4) is 0 Å². The second-order valence-electron chi connectivity index (χ2n) is 10.3. The smallest absolute Gasteiger partial charge is 0.352 e. The number of thioether (sulfide) groups is 2. The highest BCUT2D eigenvalue weighted by atomic mass is 32.2. The van der Waals surface area contributed by atoms with Gasteiger partial charge in [-0.1, -0.05) is 30.3 Å². The van der Waals surface area contributed by atoms with Gasteiger partial charge in [0.1, 0.15) is 17.1 Å². The van der Waals surface area contributed by atoms with Crippen molar-refractivity contribution in [2.24, 2.45) is 0 Å². The summed E-state index contributed by atoms with van der Waals surface area (Å²) in [6, 6.07) is 13.5. The fourth-order valence-electron chi connectivity index (χ4n) is 5.30. The van der Waals surface area contributed by atoms with Crippen molar-refractivity contribution in [2.75, 3.05) is 18.1 Å². The van der Waals surface area contributed by atoms with Crippen LogP contribution in [0.2, 0.25) is 0 Å². The van der Waals surface area contributed by atoms with Crippen LogP contribution in [0.15, 0.2) is 89.0 Å². The molecule has 2 atom stereocenters. The number of aliphatic carboxylic acids is 1. The van der Waals surface area contributed by atoms with Crippen LogP contribution < -0.4 is 5.32 Å². The molecule has 4 heterocycles. The molecular weight excluding hydrogens is 574 g/mol. The van der Waals surface area contributed by atoms with Gasteiger partial charge in [-0.15, -0.1) is 23.5 Å². The molecule has 4 aliphatic rings. The summed E-state index contributed by atoms with van der Waals surface area (Å²) in [7, 11) is 0. The fraction of sp³-hybridized carbons (Fsp3) is 0.300. The number of hydrogen-bond acceptors (Lipinski definition) is 7. The molecule has 7 rings (SSSR count). The molecule has 10 nitrogen and oxygen atoms in total. The Morgan fingerprint density at radius 1 is 1.17 bits per heavy atom. The van der Waals surface area contributed by atoms with Crippen molar-refractivity contribution in [3.05, 3.63) is 84.1 Å². The molecule has 0 unspecified atom stereocenters. The van der Waals surface area contributed by atoms with Crippen molar-refractivity contribution in [3.63, 3.8) is 0 Å². The summed E-state index contributed by atoms with van der Waals surface area (Å²) in [5.41, 5.74) is 0.984. The Morgan fingerprint density at radius 2 is 1.98 bits per heavy atom. The van der Waals surface area contributed by atoms with E-state index in [9.17, 15) is 24.3 Å². The van der Waals surface area contributed by atoms with Gasteiger partial charge in [-0.2, -0.15) is 0 Å². The van der Waals surface area contributed by atoms with E-state index in [1.807, 2.05) is 47.4 Å². The number of rotatable bonds is 7. The second-order valence-corrected chi connectivity index (χ2v) is 12.5. The number of likely N-dealkylation sites (tertiary alicyclic amines) is 1. The summed E-state index contributed by atoms with van der Waals surface area (Å²) in [5.74, 6) is -1.44. The summed E-state index contributed by atoms with van der Waals surface area (Å²) < 4.78 is 0.